The molecule has 0 saturated carbocycles. The van der Waals surface area contributed by atoms with E-state index in [1.165, 1.54) is 18.2 Å². The molecule has 31 heavy (non-hydrogen) atoms. The molecule has 1 heterocycles. The highest BCUT2D eigenvalue weighted by atomic mass is 19.1. The van der Waals surface area contributed by atoms with Crippen LogP contribution < -0.4 is 4.90 Å². The molecule has 0 atom stereocenters. The van der Waals surface area contributed by atoms with Crippen molar-refractivity contribution in [2.24, 2.45) is 0 Å². The maximum absolute atomic E-state index is 14.6. The third-order valence-electron chi connectivity index (χ3n) is 5.05. The Morgan fingerprint density at radius 2 is 1.61 bits per heavy atom. The number of amides is 1. The fourth-order valence-electron chi connectivity index (χ4n) is 3.19. The quantitative estimate of drug-likeness (QED) is 0.378. The number of aryl methyl sites for hydroxylation is 1. The molecule has 1 amide bonds. The topological polar surface area (TPSA) is 50.3 Å². The van der Waals surface area contributed by atoms with Crippen LogP contribution in [-0.2, 0) is 11.2 Å². The average molecular weight is 426 g/mol. The fraction of sp³-hybridized carbons (Fsp3) is 0.208. The molecule has 2 aromatic carbocycles. The monoisotopic (exact) mass is 426 g/mol. The zero-order chi connectivity index (χ0) is 22.5. The molecule has 7 heteroatoms. The van der Waals surface area contributed by atoms with Crippen LogP contribution in [0.1, 0.15) is 35.7 Å². The van der Waals surface area contributed by atoms with Gasteiger partial charge in [0, 0.05) is 31.1 Å². The minimum atomic E-state index is -0.974. The van der Waals surface area contributed by atoms with Gasteiger partial charge in [-0.1, -0.05) is 25.1 Å². The van der Waals surface area contributed by atoms with E-state index in [0.717, 1.165) is 17.3 Å². The molecule has 0 aliphatic heterocycles. The van der Waals surface area contributed by atoms with Gasteiger partial charge in [-0.3, -0.25) is 9.59 Å². The van der Waals surface area contributed by atoms with Gasteiger partial charge in [0.15, 0.2) is 5.78 Å². The summed E-state index contributed by atoms with van der Waals surface area (Å²) in [4.78, 5) is 28.8. The molecule has 0 saturated heterocycles. The predicted molar refractivity (Wildman–Crippen MR) is 112 cm³/mol. The van der Waals surface area contributed by atoms with Crippen LogP contribution >= 0.6 is 0 Å². The van der Waals surface area contributed by atoms with Crippen LogP contribution in [0.15, 0.2) is 54.6 Å². The first-order chi connectivity index (χ1) is 14.8. The Kier molecular flexibility index (Phi) is 6.84. The number of anilines is 1. The lowest BCUT2D eigenvalue weighted by molar-refractivity contribution is -0.118. The molecule has 0 aliphatic rings. The first-order valence-corrected chi connectivity index (χ1v) is 9.80. The normalized spacial score (nSPS) is 10.7. The number of pyridine rings is 1. The maximum atomic E-state index is 14.6. The lowest BCUT2D eigenvalue weighted by atomic mass is 9.99. The van der Waals surface area contributed by atoms with E-state index < -0.39 is 23.5 Å². The Labute approximate surface area is 178 Å². The molecular weight excluding hydrogens is 405 g/mol. The van der Waals surface area contributed by atoms with Gasteiger partial charge < -0.3 is 4.90 Å². The van der Waals surface area contributed by atoms with E-state index in [1.807, 2.05) is 0 Å². The van der Waals surface area contributed by atoms with Crippen LogP contribution in [-0.4, -0.2) is 23.7 Å². The van der Waals surface area contributed by atoms with Gasteiger partial charge in [-0.25, -0.2) is 4.39 Å². The smallest absolute Gasteiger partial charge is 0.226 e. The number of carbonyl (C=O) groups excluding carboxylic acids is 2. The minimum absolute atomic E-state index is 0.00933. The van der Waals surface area contributed by atoms with Crippen molar-refractivity contribution in [1.29, 1.82) is 0 Å². The third kappa shape index (κ3) is 5.17. The Morgan fingerprint density at radius 3 is 2.23 bits per heavy atom. The summed E-state index contributed by atoms with van der Waals surface area (Å²) in [6, 6.07) is 13.6. The second-order valence-corrected chi connectivity index (χ2v) is 7.05. The van der Waals surface area contributed by atoms with Gasteiger partial charge >= 0.3 is 0 Å². The number of carbonyl (C=O) groups is 2. The molecule has 0 unspecified atom stereocenters. The van der Waals surface area contributed by atoms with E-state index in [4.69, 9.17) is 0 Å². The number of hydrogen-bond donors (Lipinski definition) is 0. The number of Topliss-reactive ketones (excluding diaryl/α,β-unsaturated/α-hetero) is 1. The number of benzene rings is 2. The molecule has 4 nitrogen and oxygen atoms in total. The van der Waals surface area contributed by atoms with Gasteiger partial charge in [-0.05, 0) is 53.9 Å². The molecule has 0 bridgehead atoms. The van der Waals surface area contributed by atoms with E-state index in [-0.39, 0.29) is 29.9 Å². The van der Waals surface area contributed by atoms with Crippen LogP contribution in [0.25, 0.3) is 11.1 Å². The highest BCUT2D eigenvalue weighted by molar-refractivity contribution is 5.97. The molecular formula is C24H21F3N2O2. The molecule has 0 spiro atoms. The van der Waals surface area contributed by atoms with E-state index in [9.17, 15) is 22.8 Å². The molecule has 0 N–H and O–H groups in total. The summed E-state index contributed by atoms with van der Waals surface area (Å²) in [5.41, 5.74) is 2.05. The second kappa shape index (κ2) is 9.55. The summed E-state index contributed by atoms with van der Waals surface area (Å²) in [6.45, 7) is 1.78. The summed E-state index contributed by atoms with van der Waals surface area (Å²) in [6.07, 6.45) is 0.251. The van der Waals surface area contributed by atoms with Crippen LogP contribution in [0.2, 0.25) is 0 Å². The summed E-state index contributed by atoms with van der Waals surface area (Å²) in [5.74, 6) is -3.09. The lowest BCUT2D eigenvalue weighted by Crippen LogP contribution is -2.24. The predicted octanol–water partition coefficient (Wildman–Crippen LogP) is 5.35. The molecule has 160 valence electrons. The van der Waals surface area contributed by atoms with Crippen molar-refractivity contribution in [3.05, 3.63) is 83.4 Å². The van der Waals surface area contributed by atoms with Gasteiger partial charge in [0.25, 0.3) is 0 Å². The molecule has 0 fully saturated rings. The molecule has 0 radical (unpaired) electrons. The summed E-state index contributed by atoms with van der Waals surface area (Å²) in [7, 11) is 1.69. The van der Waals surface area contributed by atoms with Gasteiger partial charge in [-0.15, -0.1) is 0 Å². The molecule has 1 aromatic heterocycles. The first-order valence-electron chi connectivity index (χ1n) is 9.80. The number of nitrogens with zero attached hydrogens (tertiary/aromatic N) is 2. The minimum Gasteiger partial charge on any atom is -0.316 e. The second-order valence-electron chi connectivity index (χ2n) is 7.05. The standard InChI is InChI=1S/C24H21F3N2O2/c1-3-23(31)29(2)18-9-4-15(5-10-18)17-6-11-19(20(25)14-17)21(30)12-7-16-8-13-22(26)28-24(16)27/h4-6,8-11,13-14H,3,7,12H2,1-2H3. The van der Waals surface area contributed by atoms with Crippen LogP contribution in [0, 0.1) is 17.7 Å². The van der Waals surface area contributed by atoms with Crippen molar-refractivity contribution in [3.8, 4) is 11.1 Å². The van der Waals surface area contributed by atoms with Gasteiger partial charge in [0.1, 0.15) is 5.82 Å². The van der Waals surface area contributed by atoms with Crippen molar-refractivity contribution in [1.82, 2.24) is 4.98 Å². The number of aromatic nitrogens is 1. The van der Waals surface area contributed by atoms with Crippen molar-refractivity contribution < 1.29 is 22.8 Å². The Bertz CT molecular complexity index is 1110. The summed E-state index contributed by atoms with van der Waals surface area (Å²) in [5, 5.41) is 0. The van der Waals surface area contributed by atoms with Crippen molar-refractivity contribution in [2.45, 2.75) is 26.2 Å². The zero-order valence-corrected chi connectivity index (χ0v) is 17.2. The van der Waals surface area contributed by atoms with Crippen LogP contribution in [0.4, 0.5) is 18.9 Å². The van der Waals surface area contributed by atoms with Gasteiger partial charge in [-0.2, -0.15) is 13.8 Å². The first kappa shape index (κ1) is 22.2. The molecule has 0 aliphatic carbocycles. The highest BCUT2D eigenvalue weighted by Gasteiger charge is 2.15. The van der Waals surface area contributed by atoms with E-state index in [1.54, 1.807) is 49.2 Å². The van der Waals surface area contributed by atoms with E-state index in [0.29, 0.717) is 12.0 Å². The Balaban J connectivity index is 1.72. The van der Waals surface area contributed by atoms with Crippen molar-refractivity contribution in [2.75, 3.05) is 11.9 Å². The Morgan fingerprint density at radius 1 is 0.935 bits per heavy atom. The fourth-order valence-corrected chi connectivity index (χ4v) is 3.19. The lowest BCUT2D eigenvalue weighted by Gasteiger charge is -2.16. The third-order valence-corrected chi connectivity index (χ3v) is 5.05. The average Bonchev–Trinajstić information content (AvgIpc) is 2.77. The molecule has 3 aromatic rings. The van der Waals surface area contributed by atoms with E-state index in [2.05, 4.69) is 4.98 Å². The Hall–Kier alpha value is -3.48. The van der Waals surface area contributed by atoms with Crippen LogP contribution in [0.3, 0.4) is 0 Å². The van der Waals surface area contributed by atoms with Gasteiger partial charge in [0.05, 0.1) is 5.56 Å². The number of halogens is 3. The number of hydrogen-bond acceptors (Lipinski definition) is 3. The number of rotatable bonds is 7. The maximum Gasteiger partial charge on any atom is 0.226 e. The highest BCUT2D eigenvalue weighted by Crippen LogP contribution is 2.25. The zero-order valence-electron chi connectivity index (χ0n) is 17.2. The van der Waals surface area contributed by atoms with E-state index >= 15 is 0 Å². The van der Waals surface area contributed by atoms with Gasteiger partial charge in [0.2, 0.25) is 17.8 Å². The van der Waals surface area contributed by atoms with Crippen molar-refractivity contribution >= 4 is 17.4 Å². The SMILES string of the molecule is CCC(=O)N(C)c1ccc(-c2ccc(C(=O)CCc3ccc(F)nc3F)c(F)c2)cc1. The summed E-state index contributed by atoms with van der Waals surface area (Å²) < 4.78 is 41.1. The molecule has 3 rings (SSSR count). The number of ketones is 1. The van der Waals surface area contributed by atoms with Crippen LogP contribution in [0.5, 0.6) is 0 Å². The summed E-state index contributed by atoms with van der Waals surface area (Å²) >= 11 is 0. The largest absolute Gasteiger partial charge is 0.316 e. The van der Waals surface area contributed by atoms with Crippen molar-refractivity contribution in [3.63, 3.8) is 0 Å².